The Morgan fingerprint density at radius 3 is 2.24 bits per heavy atom. The lowest BCUT2D eigenvalue weighted by Crippen LogP contribution is -2.44. The molecule has 2 N–H and O–H groups in total. The molecule has 0 fully saturated rings. The molecule has 0 spiro atoms. The van der Waals surface area contributed by atoms with Crippen LogP contribution in [0.5, 0.6) is 0 Å². The van der Waals surface area contributed by atoms with Crippen LogP contribution in [0.4, 0.5) is 0 Å². The van der Waals surface area contributed by atoms with E-state index in [1.54, 1.807) is 27.0 Å². The Balaban J connectivity index is 0.000000304. The first kappa shape index (κ1) is 15.3. The second kappa shape index (κ2) is 6.81. The van der Waals surface area contributed by atoms with Crippen molar-refractivity contribution in [2.45, 2.75) is 26.3 Å². The standard InChI is InChI=1S/C8H8O.C5H11NO2/c1-7-3-2-4-8(5-7)6-9;1-5(2,6-3)4(7)8/h2-6H,1H3;6H,1-3H3,(H,7,8). The summed E-state index contributed by atoms with van der Waals surface area (Å²) in [4.78, 5) is 20.3. The molecule has 0 aromatic heterocycles. The molecule has 0 saturated heterocycles. The molecule has 17 heavy (non-hydrogen) atoms. The maximum Gasteiger partial charge on any atom is 0.323 e. The summed E-state index contributed by atoms with van der Waals surface area (Å²) >= 11 is 0. The Morgan fingerprint density at radius 1 is 1.41 bits per heavy atom. The fourth-order valence-corrected chi connectivity index (χ4v) is 0.850. The zero-order valence-corrected chi connectivity index (χ0v) is 10.7. The molecule has 0 amide bonds. The highest BCUT2D eigenvalue weighted by molar-refractivity contribution is 5.77. The highest BCUT2D eigenvalue weighted by Gasteiger charge is 2.23. The van der Waals surface area contributed by atoms with Crippen molar-refractivity contribution in [1.29, 1.82) is 0 Å². The zero-order chi connectivity index (χ0) is 13.5. The number of likely N-dealkylation sites (N-methyl/N-ethyl adjacent to an activating group) is 1. The van der Waals surface area contributed by atoms with Crippen molar-refractivity contribution in [3.8, 4) is 0 Å². The first-order valence-electron chi connectivity index (χ1n) is 5.27. The average molecular weight is 237 g/mol. The molecule has 1 aromatic rings. The Bertz CT molecular complexity index is 386. The van der Waals surface area contributed by atoms with Crippen molar-refractivity contribution in [3.63, 3.8) is 0 Å². The molecule has 0 aliphatic rings. The number of carbonyl (C=O) groups is 2. The highest BCUT2D eigenvalue weighted by atomic mass is 16.4. The summed E-state index contributed by atoms with van der Waals surface area (Å²) in [6.07, 6.45) is 0.854. The summed E-state index contributed by atoms with van der Waals surface area (Å²) < 4.78 is 0. The summed E-state index contributed by atoms with van der Waals surface area (Å²) in [5.41, 5.74) is 1.08. The number of rotatable bonds is 3. The normalized spacial score (nSPS) is 10.1. The molecule has 0 saturated carbocycles. The topological polar surface area (TPSA) is 66.4 Å². The largest absolute Gasteiger partial charge is 0.480 e. The van der Waals surface area contributed by atoms with Crippen molar-refractivity contribution >= 4 is 12.3 Å². The number of aldehydes is 1. The number of benzene rings is 1. The molecule has 0 aliphatic heterocycles. The number of carboxylic acid groups (broad SMARTS) is 1. The third kappa shape index (κ3) is 5.82. The predicted octanol–water partition coefficient (Wildman–Crippen LogP) is 1.88. The SMILES string of the molecule is CNC(C)(C)C(=O)O.Cc1cccc(C=O)c1. The lowest BCUT2D eigenvalue weighted by molar-refractivity contribution is -0.143. The van der Waals surface area contributed by atoms with Crippen LogP contribution in [0.25, 0.3) is 0 Å². The maximum atomic E-state index is 10.2. The monoisotopic (exact) mass is 237 g/mol. The minimum atomic E-state index is -0.833. The van der Waals surface area contributed by atoms with Gasteiger partial charge in [-0.3, -0.25) is 9.59 Å². The Kier molecular flexibility index (Phi) is 6.13. The van der Waals surface area contributed by atoms with E-state index in [-0.39, 0.29) is 0 Å². The summed E-state index contributed by atoms with van der Waals surface area (Å²) in [5, 5.41) is 11.0. The lowest BCUT2D eigenvalue weighted by atomic mass is 10.1. The molecule has 0 heterocycles. The molecule has 0 aliphatic carbocycles. The number of carbonyl (C=O) groups excluding carboxylic acids is 1. The molecular weight excluding hydrogens is 218 g/mol. The minimum absolute atomic E-state index is 0.745. The van der Waals surface area contributed by atoms with E-state index in [0.29, 0.717) is 0 Å². The van der Waals surface area contributed by atoms with E-state index in [0.717, 1.165) is 17.4 Å². The first-order chi connectivity index (χ1) is 7.83. The molecule has 0 unspecified atom stereocenters. The van der Waals surface area contributed by atoms with Gasteiger partial charge < -0.3 is 10.4 Å². The van der Waals surface area contributed by atoms with E-state index >= 15 is 0 Å². The van der Waals surface area contributed by atoms with Crippen LogP contribution in [-0.4, -0.2) is 29.9 Å². The van der Waals surface area contributed by atoms with Crippen LogP contribution in [0.1, 0.15) is 29.8 Å². The van der Waals surface area contributed by atoms with Crippen molar-refractivity contribution in [3.05, 3.63) is 35.4 Å². The predicted molar refractivity (Wildman–Crippen MR) is 67.3 cm³/mol. The van der Waals surface area contributed by atoms with E-state index in [9.17, 15) is 9.59 Å². The number of nitrogens with one attached hydrogen (secondary N) is 1. The second-order valence-electron chi connectivity index (χ2n) is 4.21. The summed E-state index contributed by atoms with van der Waals surface area (Å²) in [7, 11) is 1.62. The van der Waals surface area contributed by atoms with Crippen LogP contribution in [0.2, 0.25) is 0 Å². The van der Waals surface area contributed by atoms with Gasteiger partial charge in [-0.05, 0) is 33.9 Å². The lowest BCUT2D eigenvalue weighted by Gasteiger charge is -2.16. The molecule has 1 rings (SSSR count). The minimum Gasteiger partial charge on any atom is -0.480 e. The van der Waals surface area contributed by atoms with Gasteiger partial charge in [-0.25, -0.2) is 0 Å². The maximum absolute atomic E-state index is 10.2. The Hall–Kier alpha value is -1.68. The molecule has 94 valence electrons. The zero-order valence-electron chi connectivity index (χ0n) is 10.7. The van der Waals surface area contributed by atoms with Gasteiger partial charge in [-0.2, -0.15) is 0 Å². The Labute approximate surface area is 102 Å². The summed E-state index contributed by atoms with van der Waals surface area (Å²) in [5.74, 6) is -0.833. The summed E-state index contributed by atoms with van der Waals surface area (Å²) in [6.45, 7) is 5.18. The Morgan fingerprint density at radius 2 is 2.00 bits per heavy atom. The van der Waals surface area contributed by atoms with E-state index < -0.39 is 11.5 Å². The molecular formula is C13H19NO3. The van der Waals surface area contributed by atoms with Gasteiger partial charge in [0.1, 0.15) is 11.8 Å². The number of aryl methyl sites for hydroxylation is 1. The summed E-state index contributed by atoms with van der Waals surface area (Å²) in [6, 6.07) is 7.49. The molecule has 4 heteroatoms. The van der Waals surface area contributed by atoms with E-state index in [1.807, 2.05) is 25.1 Å². The molecule has 0 atom stereocenters. The number of carboxylic acids is 1. The second-order valence-corrected chi connectivity index (χ2v) is 4.21. The van der Waals surface area contributed by atoms with Gasteiger partial charge in [-0.15, -0.1) is 0 Å². The highest BCUT2D eigenvalue weighted by Crippen LogP contribution is 1.99. The van der Waals surface area contributed by atoms with Gasteiger partial charge in [0, 0.05) is 5.56 Å². The molecule has 0 bridgehead atoms. The van der Waals surface area contributed by atoms with E-state index in [4.69, 9.17) is 5.11 Å². The number of hydrogen-bond acceptors (Lipinski definition) is 3. The third-order valence-electron chi connectivity index (χ3n) is 2.34. The van der Waals surface area contributed by atoms with Crippen molar-refractivity contribution in [2.75, 3.05) is 7.05 Å². The molecule has 1 aromatic carbocycles. The number of aliphatic carboxylic acids is 1. The van der Waals surface area contributed by atoms with Gasteiger partial charge in [0.05, 0.1) is 0 Å². The van der Waals surface area contributed by atoms with Crippen LogP contribution in [0.15, 0.2) is 24.3 Å². The smallest absolute Gasteiger partial charge is 0.323 e. The fourth-order valence-electron chi connectivity index (χ4n) is 0.850. The molecule has 4 nitrogen and oxygen atoms in total. The van der Waals surface area contributed by atoms with E-state index in [2.05, 4.69) is 5.32 Å². The first-order valence-corrected chi connectivity index (χ1v) is 5.27. The average Bonchev–Trinajstić information content (AvgIpc) is 2.29. The van der Waals surface area contributed by atoms with Crippen LogP contribution in [0, 0.1) is 6.92 Å². The van der Waals surface area contributed by atoms with Crippen molar-refractivity contribution < 1.29 is 14.7 Å². The van der Waals surface area contributed by atoms with Crippen molar-refractivity contribution in [2.24, 2.45) is 0 Å². The fraction of sp³-hybridized carbons (Fsp3) is 0.385. The number of hydrogen-bond donors (Lipinski definition) is 2. The van der Waals surface area contributed by atoms with Crippen molar-refractivity contribution in [1.82, 2.24) is 5.32 Å². The van der Waals surface area contributed by atoms with E-state index in [1.165, 1.54) is 0 Å². The van der Waals surface area contributed by atoms with Gasteiger partial charge in [-0.1, -0.05) is 23.8 Å². The van der Waals surface area contributed by atoms with Gasteiger partial charge in [0.15, 0.2) is 0 Å². The van der Waals surface area contributed by atoms with Crippen LogP contribution in [0.3, 0.4) is 0 Å². The van der Waals surface area contributed by atoms with Gasteiger partial charge in [0.25, 0.3) is 0 Å². The van der Waals surface area contributed by atoms with Crippen LogP contribution >= 0.6 is 0 Å². The quantitative estimate of drug-likeness (QED) is 0.788. The third-order valence-corrected chi connectivity index (χ3v) is 2.34. The van der Waals surface area contributed by atoms with Crippen LogP contribution in [-0.2, 0) is 4.79 Å². The molecule has 0 radical (unpaired) electrons. The van der Waals surface area contributed by atoms with Gasteiger partial charge in [0.2, 0.25) is 0 Å². The van der Waals surface area contributed by atoms with Crippen LogP contribution < -0.4 is 5.32 Å². The van der Waals surface area contributed by atoms with Gasteiger partial charge >= 0.3 is 5.97 Å².